The molecule has 128 valence electrons. The van der Waals surface area contributed by atoms with E-state index in [1.54, 1.807) is 6.20 Å². The molecule has 2 aromatic heterocycles. The molecule has 0 saturated heterocycles. The van der Waals surface area contributed by atoms with Gasteiger partial charge in [0.1, 0.15) is 0 Å². The highest BCUT2D eigenvalue weighted by Gasteiger charge is 2.40. The largest absolute Gasteiger partial charge is 0.268 e. The van der Waals surface area contributed by atoms with E-state index in [4.69, 9.17) is 0 Å². The lowest BCUT2D eigenvalue weighted by molar-refractivity contribution is -0.137. The SMILES string of the molecule is O=C1C(Sc2ccccc2)=C(c2cccs2)C(=O)N1Cc1ccccn1. The molecule has 2 amide bonds. The van der Waals surface area contributed by atoms with E-state index >= 15 is 0 Å². The van der Waals surface area contributed by atoms with E-state index < -0.39 is 0 Å². The van der Waals surface area contributed by atoms with Gasteiger partial charge in [-0.1, -0.05) is 42.1 Å². The Hall–Kier alpha value is -2.70. The van der Waals surface area contributed by atoms with Gasteiger partial charge in [0, 0.05) is 16.0 Å². The fraction of sp³-hybridized carbons (Fsp3) is 0.0500. The Morgan fingerprint density at radius 1 is 0.923 bits per heavy atom. The Morgan fingerprint density at radius 2 is 1.73 bits per heavy atom. The molecule has 0 aliphatic carbocycles. The molecule has 1 aliphatic heterocycles. The van der Waals surface area contributed by atoms with Crippen LogP contribution >= 0.6 is 23.1 Å². The van der Waals surface area contributed by atoms with E-state index in [0.29, 0.717) is 16.2 Å². The van der Waals surface area contributed by atoms with Crippen LogP contribution in [0.1, 0.15) is 10.6 Å². The topological polar surface area (TPSA) is 50.3 Å². The number of thiophene rings is 1. The second kappa shape index (κ2) is 7.27. The summed E-state index contributed by atoms with van der Waals surface area (Å²) in [5.74, 6) is -0.528. The number of thioether (sulfide) groups is 1. The van der Waals surface area contributed by atoms with Crippen molar-refractivity contribution in [3.05, 3.63) is 87.7 Å². The minimum absolute atomic E-state index is 0.173. The van der Waals surface area contributed by atoms with Crippen LogP contribution in [0, 0.1) is 0 Å². The normalized spacial score (nSPS) is 14.4. The van der Waals surface area contributed by atoms with Crippen LogP contribution in [0.4, 0.5) is 0 Å². The molecule has 4 nitrogen and oxygen atoms in total. The van der Waals surface area contributed by atoms with Crippen LogP contribution < -0.4 is 0 Å². The third kappa shape index (κ3) is 3.21. The number of rotatable bonds is 5. The minimum atomic E-state index is -0.266. The van der Waals surface area contributed by atoms with Gasteiger partial charge in [0.2, 0.25) is 0 Å². The van der Waals surface area contributed by atoms with Gasteiger partial charge in [0.15, 0.2) is 0 Å². The molecule has 0 unspecified atom stereocenters. The van der Waals surface area contributed by atoms with Crippen LogP contribution in [0.3, 0.4) is 0 Å². The van der Waals surface area contributed by atoms with E-state index in [1.807, 2.05) is 66.0 Å². The molecular weight excluding hydrogens is 364 g/mol. The van der Waals surface area contributed by atoms with Crippen molar-refractivity contribution in [2.75, 3.05) is 0 Å². The number of benzene rings is 1. The summed E-state index contributed by atoms with van der Waals surface area (Å²) in [7, 11) is 0. The second-order valence-corrected chi connectivity index (χ2v) is 7.65. The fourth-order valence-corrected chi connectivity index (χ4v) is 4.55. The van der Waals surface area contributed by atoms with Gasteiger partial charge in [-0.15, -0.1) is 11.3 Å². The predicted octanol–water partition coefficient (Wildman–Crippen LogP) is 4.22. The number of hydrogen-bond acceptors (Lipinski definition) is 5. The quantitative estimate of drug-likeness (QED) is 0.624. The van der Waals surface area contributed by atoms with Crippen LogP contribution in [0.15, 0.2) is 82.0 Å². The number of aromatic nitrogens is 1. The van der Waals surface area contributed by atoms with Crippen LogP contribution in [0.5, 0.6) is 0 Å². The average Bonchev–Trinajstić information content (AvgIpc) is 3.27. The number of nitrogens with zero attached hydrogens (tertiary/aromatic N) is 2. The Morgan fingerprint density at radius 3 is 2.42 bits per heavy atom. The van der Waals surface area contributed by atoms with Gasteiger partial charge in [-0.3, -0.25) is 19.5 Å². The number of hydrogen-bond donors (Lipinski definition) is 0. The van der Waals surface area contributed by atoms with Crippen LogP contribution in [0.25, 0.3) is 5.57 Å². The van der Waals surface area contributed by atoms with Gasteiger partial charge in [-0.25, -0.2) is 0 Å². The van der Waals surface area contributed by atoms with Gasteiger partial charge < -0.3 is 0 Å². The first kappa shape index (κ1) is 16.8. The summed E-state index contributed by atoms with van der Waals surface area (Å²) >= 11 is 2.80. The Labute approximate surface area is 159 Å². The second-order valence-electron chi connectivity index (χ2n) is 5.61. The van der Waals surface area contributed by atoms with Gasteiger partial charge in [0.05, 0.1) is 22.7 Å². The molecule has 0 saturated carbocycles. The minimum Gasteiger partial charge on any atom is -0.268 e. The summed E-state index contributed by atoms with van der Waals surface area (Å²) < 4.78 is 0. The molecule has 26 heavy (non-hydrogen) atoms. The van der Waals surface area contributed by atoms with Crippen LogP contribution in [-0.2, 0) is 16.1 Å². The van der Waals surface area contributed by atoms with E-state index in [9.17, 15) is 9.59 Å². The number of amides is 2. The van der Waals surface area contributed by atoms with Crippen molar-refractivity contribution in [2.45, 2.75) is 11.4 Å². The van der Waals surface area contributed by atoms with Gasteiger partial charge in [-0.05, 0) is 35.7 Å². The molecule has 0 N–H and O–H groups in total. The first-order chi connectivity index (χ1) is 12.7. The highest BCUT2D eigenvalue weighted by atomic mass is 32.2. The molecule has 1 aliphatic rings. The lowest BCUT2D eigenvalue weighted by atomic mass is 10.2. The first-order valence-electron chi connectivity index (χ1n) is 8.01. The Balaban J connectivity index is 1.71. The highest BCUT2D eigenvalue weighted by Crippen LogP contribution is 2.41. The van der Waals surface area contributed by atoms with Crippen molar-refractivity contribution in [3.63, 3.8) is 0 Å². The summed E-state index contributed by atoms with van der Waals surface area (Å²) in [6, 6.07) is 18.9. The van der Waals surface area contributed by atoms with Crippen molar-refractivity contribution in [1.29, 1.82) is 0 Å². The summed E-state index contributed by atoms with van der Waals surface area (Å²) in [4.78, 5) is 33.8. The maximum absolute atomic E-state index is 13.0. The van der Waals surface area contributed by atoms with E-state index in [2.05, 4.69) is 4.98 Å². The van der Waals surface area contributed by atoms with Crippen LogP contribution in [-0.4, -0.2) is 21.7 Å². The maximum atomic E-state index is 13.0. The van der Waals surface area contributed by atoms with Crippen molar-refractivity contribution < 1.29 is 9.59 Å². The van der Waals surface area contributed by atoms with Crippen LogP contribution in [0.2, 0.25) is 0 Å². The van der Waals surface area contributed by atoms with Gasteiger partial charge in [-0.2, -0.15) is 0 Å². The molecule has 3 heterocycles. The van der Waals surface area contributed by atoms with Gasteiger partial charge in [0.25, 0.3) is 11.8 Å². The number of carbonyl (C=O) groups is 2. The van der Waals surface area contributed by atoms with E-state index in [-0.39, 0.29) is 18.4 Å². The summed E-state index contributed by atoms with van der Waals surface area (Å²) in [6.45, 7) is 0.173. The molecule has 0 radical (unpaired) electrons. The molecule has 6 heteroatoms. The third-order valence-electron chi connectivity index (χ3n) is 3.90. The monoisotopic (exact) mass is 378 g/mol. The lowest BCUT2D eigenvalue weighted by Gasteiger charge is -2.14. The third-order valence-corrected chi connectivity index (χ3v) is 5.88. The number of imide groups is 1. The summed E-state index contributed by atoms with van der Waals surface area (Å²) in [5, 5.41) is 1.91. The van der Waals surface area contributed by atoms with Gasteiger partial charge >= 0.3 is 0 Å². The number of pyridine rings is 1. The fourth-order valence-electron chi connectivity index (χ4n) is 2.69. The van der Waals surface area contributed by atoms with Crippen molar-refractivity contribution >= 4 is 40.5 Å². The lowest BCUT2D eigenvalue weighted by Crippen LogP contribution is -2.31. The first-order valence-corrected chi connectivity index (χ1v) is 9.71. The Bertz CT molecular complexity index is 968. The zero-order valence-electron chi connectivity index (χ0n) is 13.7. The summed E-state index contributed by atoms with van der Waals surface area (Å²) in [5.41, 5.74) is 1.17. The molecule has 0 bridgehead atoms. The standard InChI is InChI=1S/C20H14N2O2S2/c23-19-17(16-10-6-12-25-16)18(26-15-8-2-1-3-9-15)20(24)22(19)13-14-7-4-5-11-21-14/h1-12H,13H2. The highest BCUT2D eigenvalue weighted by molar-refractivity contribution is 8.04. The average molecular weight is 378 g/mol. The molecule has 3 aromatic rings. The zero-order valence-corrected chi connectivity index (χ0v) is 15.3. The molecule has 4 rings (SSSR count). The van der Waals surface area contributed by atoms with E-state index in [0.717, 1.165) is 9.77 Å². The summed E-state index contributed by atoms with van der Waals surface area (Å²) in [6.07, 6.45) is 1.66. The Kier molecular flexibility index (Phi) is 4.69. The smallest absolute Gasteiger partial charge is 0.268 e. The number of carbonyl (C=O) groups excluding carboxylic acids is 2. The maximum Gasteiger partial charge on any atom is 0.268 e. The molecule has 0 atom stereocenters. The zero-order chi connectivity index (χ0) is 17.9. The molecular formula is C20H14N2O2S2. The predicted molar refractivity (Wildman–Crippen MR) is 103 cm³/mol. The van der Waals surface area contributed by atoms with Crippen molar-refractivity contribution in [2.24, 2.45) is 0 Å². The van der Waals surface area contributed by atoms with E-state index in [1.165, 1.54) is 28.0 Å². The van der Waals surface area contributed by atoms with Crippen molar-refractivity contribution in [1.82, 2.24) is 9.88 Å². The molecule has 0 fully saturated rings. The molecule has 1 aromatic carbocycles. The van der Waals surface area contributed by atoms with Crippen molar-refractivity contribution in [3.8, 4) is 0 Å². The molecule has 0 spiro atoms.